The molecule has 0 spiro atoms. The van der Waals surface area contributed by atoms with Gasteiger partial charge in [0.05, 0.1) is 0 Å². The van der Waals surface area contributed by atoms with Crippen LogP contribution in [0, 0.1) is 0 Å². The third-order valence-electron chi connectivity index (χ3n) is 4.66. The smallest absolute Gasteiger partial charge is 0.0457 e. The minimum Gasteiger partial charge on any atom is -0.361 e. The van der Waals surface area contributed by atoms with Crippen LogP contribution >= 0.6 is 0 Å². The first kappa shape index (κ1) is 14.6. The second kappa shape index (κ2) is 5.82. The lowest BCUT2D eigenvalue weighted by Crippen LogP contribution is -2.49. The maximum absolute atomic E-state index is 3.73. The molecule has 0 radical (unpaired) electrons. The lowest BCUT2D eigenvalue weighted by molar-refractivity contribution is 0.0960. The van der Waals surface area contributed by atoms with Crippen molar-refractivity contribution in [2.45, 2.75) is 51.7 Å². The Labute approximate surface area is 127 Å². The summed E-state index contributed by atoms with van der Waals surface area (Å²) < 4.78 is 0. The van der Waals surface area contributed by atoms with Crippen LogP contribution in [-0.2, 0) is 6.54 Å². The number of H-pyrrole nitrogens is 1. The van der Waals surface area contributed by atoms with Gasteiger partial charge in [-0.25, -0.2) is 0 Å². The average Bonchev–Trinajstić information content (AvgIpc) is 2.92. The van der Waals surface area contributed by atoms with Gasteiger partial charge in [0.2, 0.25) is 0 Å². The molecule has 21 heavy (non-hydrogen) atoms. The summed E-state index contributed by atoms with van der Waals surface area (Å²) in [5.41, 5.74) is 2.91. The fraction of sp³-hybridized carbons (Fsp3) is 0.556. The molecule has 0 unspecified atom stereocenters. The predicted octanol–water partition coefficient (Wildman–Crippen LogP) is 3.52. The molecule has 0 atom stereocenters. The van der Waals surface area contributed by atoms with E-state index in [0.717, 1.165) is 6.54 Å². The Bertz CT molecular complexity index is 586. The zero-order chi connectivity index (χ0) is 14.9. The molecule has 3 nitrogen and oxygen atoms in total. The van der Waals surface area contributed by atoms with E-state index in [4.69, 9.17) is 0 Å². The number of aromatic nitrogens is 1. The van der Waals surface area contributed by atoms with Crippen LogP contribution in [-0.4, -0.2) is 34.6 Å². The van der Waals surface area contributed by atoms with E-state index in [2.05, 4.69) is 60.2 Å². The molecular formula is C18H27N3. The number of fused-ring (bicyclic) bond motifs is 1. The zero-order valence-corrected chi connectivity index (χ0v) is 13.4. The lowest BCUT2D eigenvalue weighted by atomic mass is 9.98. The van der Waals surface area contributed by atoms with Gasteiger partial charge in [-0.15, -0.1) is 0 Å². The van der Waals surface area contributed by atoms with E-state index in [1.807, 2.05) is 6.20 Å². The van der Waals surface area contributed by atoms with Gasteiger partial charge in [-0.3, -0.25) is 4.90 Å². The monoisotopic (exact) mass is 285 g/mol. The molecule has 2 N–H and O–H groups in total. The molecule has 2 aromatic rings. The van der Waals surface area contributed by atoms with Gasteiger partial charge in [-0.2, -0.15) is 0 Å². The Hall–Kier alpha value is -1.32. The maximum Gasteiger partial charge on any atom is 0.0457 e. The van der Waals surface area contributed by atoms with Crippen LogP contribution in [0.5, 0.6) is 0 Å². The number of likely N-dealkylation sites (tertiary alicyclic amines) is 1. The van der Waals surface area contributed by atoms with Crippen molar-refractivity contribution in [2.24, 2.45) is 0 Å². The summed E-state index contributed by atoms with van der Waals surface area (Å²) in [5, 5.41) is 5.02. The van der Waals surface area contributed by atoms with E-state index in [9.17, 15) is 0 Å². The van der Waals surface area contributed by atoms with Gasteiger partial charge in [0.1, 0.15) is 0 Å². The van der Waals surface area contributed by atoms with Crippen LogP contribution in [0.15, 0.2) is 30.5 Å². The largest absolute Gasteiger partial charge is 0.361 e. The first-order valence-electron chi connectivity index (χ1n) is 8.07. The molecule has 0 aliphatic carbocycles. The fourth-order valence-corrected chi connectivity index (χ4v) is 3.22. The molecule has 1 aromatic heterocycles. The maximum atomic E-state index is 3.73. The fourth-order valence-electron chi connectivity index (χ4n) is 3.22. The number of nitrogens with zero attached hydrogens (tertiary/aromatic N) is 1. The molecule has 3 rings (SSSR count). The normalized spacial score (nSPS) is 18.4. The van der Waals surface area contributed by atoms with Crippen molar-refractivity contribution in [1.82, 2.24) is 15.2 Å². The van der Waals surface area contributed by atoms with Gasteiger partial charge < -0.3 is 10.3 Å². The van der Waals surface area contributed by atoms with E-state index >= 15 is 0 Å². The lowest BCUT2D eigenvalue weighted by Gasteiger charge is -2.41. The Morgan fingerprint density at radius 3 is 2.67 bits per heavy atom. The zero-order valence-electron chi connectivity index (χ0n) is 13.4. The van der Waals surface area contributed by atoms with Crippen LogP contribution < -0.4 is 5.32 Å². The SMILES string of the molecule is CC(C)(C)N1CCC(NCc2ccc3cc[nH]c3c2)CC1. The van der Waals surface area contributed by atoms with Gasteiger partial charge in [0, 0.05) is 42.9 Å². The first-order chi connectivity index (χ1) is 10.0. The number of benzene rings is 1. The number of rotatable bonds is 3. The Morgan fingerprint density at radius 1 is 1.19 bits per heavy atom. The second-order valence-corrected chi connectivity index (χ2v) is 7.21. The molecule has 1 aliphatic rings. The highest BCUT2D eigenvalue weighted by atomic mass is 15.2. The molecule has 0 saturated carbocycles. The van der Waals surface area contributed by atoms with Crippen molar-refractivity contribution >= 4 is 10.9 Å². The highest BCUT2D eigenvalue weighted by Crippen LogP contribution is 2.20. The van der Waals surface area contributed by atoms with E-state index in [1.165, 1.54) is 42.4 Å². The van der Waals surface area contributed by atoms with E-state index in [0.29, 0.717) is 11.6 Å². The minimum absolute atomic E-state index is 0.309. The van der Waals surface area contributed by atoms with Crippen molar-refractivity contribution in [3.8, 4) is 0 Å². The number of nitrogens with one attached hydrogen (secondary N) is 2. The summed E-state index contributed by atoms with van der Waals surface area (Å²) in [6.07, 6.45) is 4.51. The van der Waals surface area contributed by atoms with Crippen LogP contribution in [0.2, 0.25) is 0 Å². The van der Waals surface area contributed by atoms with Gasteiger partial charge in [-0.05, 0) is 56.7 Å². The van der Waals surface area contributed by atoms with Crippen LogP contribution in [0.25, 0.3) is 10.9 Å². The second-order valence-electron chi connectivity index (χ2n) is 7.21. The third kappa shape index (κ3) is 3.47. The van der Waals surface area contributed by atoms with Crippen LogP contribution in [0.1, 0.15) is 39.2 Å². The molecule has 1 fully saturated rings. The first-order valence-corrected chi connectivity index (χ1v) is 8.07. The van der Waals surface area contributed by atoms with Crippen molar-refractivity contribution in [3.05, 3.63) is 36.0 Å². The Morgan fingerprint density at radius 2 is 1.95 bits per heavy atom. The molecule has 0 bridgehead atoms. The Kier molecular flexibility index (Phi) is 4.05. The summed E-state index contributed by atoms with van der Waals surface area (Å²) in [4.78, 5) is 5.88. The van der Waals surface area contributed by atoms with Crippen molar-refractivity contribution < 1.29 is 0 Å². The average molecular weight is 285 g/mol. The number of aromatic amines is 1. The summed E-state index contributed by atoms with van der Waals surface area (Å²) in [6, 6.07) is 9.46. The van der Waals surface area contributed by atoms with E-state index < -0.39 is 0 Å². The van der Waals surface area contributed by atoms with Gasteiger partial charge >= 0.3 is 0 Å². The highest BCUT2D eigenvalue weighted by Gasteiger charge is 2.26. The van der Waals surface area contributed by atoms with E-state index in [1.54, 1.807) is 0 Å². The predicted molar refractivity (Wildman–Crippen MR) is 89.5 cm³/mol. The third-order valence-corrected chi connectivity index (χ3v) is 4.66. The molecule has 1 aliphatic heterocycles. The molecule has 0 amide bonds. The minimum atomic E-state index is 0.309. The molecule has 114 valence electrons. The van der Waals surface area contributed by atoms with E-state index in [-0.39, 0.29) is 0 Å². The summed E-state index contributed by atoms with van der Waals surface area (Å²) >= 11 is 0. The standard InChI is InChI=1S/C18H27N3/c1-18(2,3)21-10-7-16(8-11-21)20-13-14-4-5-15-6-9-19-17(15)12-14/h4-6,9,12,16,19-20H,7-8,10-11,13H2,1-3H3. The van der Waals surface area contributed by atoms with Crippen LogP contribution in [0.3, 0.4) is 0 Å². The number of hydrogen-bond acceptors (Lipinski definition) is 2. The molecular weight excluding hydrogens is 258 g/mol. The molecule has 3 heteroatoms. The summed E-state index contributed by atoms with van der Waals surface area (Å²) in [5.74, 6) is 0. The molecule has 2 heterocycles. The van der Waals surface area contributed by atoms with Crippen molar-refractivity contribution in [2.75, 3.05) is 13.1 Å². The van der Waals surface area contributed by atoms with Crippen molar-refractivity contribution in [1.29, 1.82) is 0 Å². The molecule has 1 aromatic carbocycles. The van der Waals surface area contributed by atoms with Gasteiger partial charge in [0.25, 0.3) is 0 Å². The number of piperidine rings is 1. The molecule has 1 saturated heterocycles. The van der Waals surface area contributed by atoms with Crippen molar-refractivity contribution in [3.63, 3.8) is 0 Å². The summed E-state index contributed by atoms with van der Waals surface area (Å²) in [6.45, 7) is 10.3. The quantitative estimate of drug-likeness (QED) is 0.904. The van der Waals surface area contributed by atoms with Gasteiger partial charge in [0.15, 0.2) is 0 Å². The summed E-state index contributed by atoms with van der Waals surface area (Å²) in [7, 11) is 0. The highest BCUT2D eigenvalue weighted by molar-refractivity contribution is 5.79. The topological polar surface area (TPSA) is 31.1 Å². The van der Waals surface area contributed by atoms with Gasteiger partial charge in [-0.1, -0.05) is 12.1 Å². The Balaban J connectivity index is 1.52. The number of hydrogen-bond donors (Lipinski definition) is 2. The van der Waals surface area contributed by atoms with Crippen LogP contribution in [0.4, 0.5) is 0 Å².